The Morgan fingerprint density at radius 3 is 1.57 bits per heavy atom. The molecule has 13 aromatic rings. The number of hydrogen-bond acceptors (Lipinski definition) is 2. The molecule has 2 heterocycles. The van der Waals surface area contributed by atoms with E-state index in [-0.39, 0.29) is 0 Å². The molecule has 0 aliphatic rings. The van der Waals surface area contributed by atoms with Crippen LogP contribution in [0.4, 0.5) is 17.1 Å². The lowest BCUT2D eigenvalue weighted by molar-refractivity contribution is 0.670. The van der Waals surface area contributed by atoms with E-state index in [1.807, 2.05) is 12.1 Å². The van der Waals surface area contributed by atoms with Crippen LogP contribution in [0.15, 0.2) is 247 Å². The van der Waals surface area contributed by atoms with Gasteiger partial charge in [-0.1, -0.05) is 188 Å². The van der Waals surface area contributed by atoms with Crippen molar-refractivity contribution in [2.45, 2.75) is 0 Å². The van der Waals surface area contributed by atoms with Crippen LogP contribution < -0.4 is 4.90 Å². The number of para-hydroxylation sites is 5. The Balaban J connectivity index is 0.949. The maximum Gasteiger partial charge on any atom is 0.143 e. The van der Waals surface area contributed by atoms with Crippen LogP contribution in [0.5, 0.6) is 0 Å². The number of anilines is 3. The molecule has 0 aliphatic carbocycles. The Kier molecular flexibility index (Phi) is 8.53. The number of rotatable bonds is 7. The first-order valence-electron chi connectivity index (χ1n) is 22.3. The highest BCUT2D eigenvalue weighted by atomic mass is 16.3. The third-order valence-electron chi connectivity index (χ3n) is 13.2. The van der Waals surface area contributed by atoms with Crippen LogP contribution in [0.3, 0.4) is 0 Å². The van der Waals surface area contributed by atoms with Gasteiger partial charge in [0.1, 0.15) is 11.2 Å². The molecule has 0 fully saturated rings. The van der Waals surface area contributed by atoms with Gasteiger partial charge in [0.2, 0.25) is 0 Å². The molecule has 0 spiro atoms. The Hall–Kier alpha value is -8.66. The van der Waals surface area contributed by atoms with Gasteiger partial charge in [0.25, 0.3) is 0 Å². The number of furan rings is 1. The van der Waals surface area contributed by atoms with Gasteiger partial charge in [-0.05, 0) is 93.0 Å². The van der Waals surface area contributed by atoms with E-state index >= 15 is 0 Å². The smallest absolute Gasteiger partial charge is 0.143 e. The molecular weight excluding hydrogens is 789 g/mol. The number of benzene rings is 11. The largest absolute Gasteiger partial charge is 0.455 e. The topological polar surface area (TPSA) is 21.3 Å². The first kappa shape index (κ1) is 36.9. The zero-order valence-electron chi connectivity index (χ0n) is 35.4. The zero-order chi connectivity index (χ0) is 42.8. The summed E-state index contributed by atoms with van der Waals surface area (Å²) < 4.78 is 8.90. The van der Waals surface area contributed by atoms with Crippen LogP contribution in [0, 0.1) is 0 Å². The van der Waals surface area contributed by atoms with E-state index in [1.54, 1.807) is 0 Å². The van der Waals surface area contributed by atoms with E-state index in [1.165, 1.54) is 60.0 Å². The fraction of sp³-hybridized carbons (Fsp3) is 0. The molecule has 3 heteroatoms. The molecule has 13 rings (SSSR count). The lowest BCUT2D eigenvalue weighted by Gasteiger charge is -2.28. The van der Waals surface area contributed by atoms with Crippen molar-refractivity contribution in [3.8, 4) is 39.1 Å². The predicted molar refractivity (Wildman–Crippen MR) is 274 cm³/mol. The molecule has 0 N–H and O–H groups in total. The minimum absolute atomic E-state index is 0.902. The molecule has 65 heavy (non-hydrogen) atoms. The van der Waals surface area contributed by atoms with Crippen molar-refractivity contribution in [2.24, 2.45) is 0 Å². The monoisotopic (exact) mass is 828 g/mol. The summed E-state index contributed by atoms with van der Waals surface area (Å²) in [6.07, 6.45) is 0. The quantitative estimate of drug-likeness (QED) is 0.149. The molecule has 3 nitrogen and oxygen atoms in total. The van der Waals surface area contributed by atoms with E-state index in [2.05, 4.69) is 240 Å². The van der Waals surface area contributed by atoms with E-state index in [9.17, 15) is 0 Å². The van der Waals surface area contributed by atoms with E-state index in [4.69, 9.17) is 4.42 Å². The summed E-state index contributed by atoms with van der Waals surface area (Å²) in [4.78, 5) is 2.41. The normalized spacial score (nSPS) is 11.7. The summed E-state index contributed by atoms with van der Waals surface area (Å²) in [7, 11) is 0. The van der Waals surface area contributed by atoms with Gasteiger partial charge < -0.3 is 13.9 Å². The van der Waals surface area contributed by atoms with Crippen LogP contribution in [0.2, 0.25) is 0 Å². The molecule has 0 amide bonds. The molecular formula is C62H40N2O. The van der Waals surface area contributed by atoms with Crippen molar-refractivity contribution in [1.82, 2.24) is 4.57 Å². The molecule has 2 aromatic heterocycles. The highest BCUT2D eigenvalue weighted by Crippen LogP contribution is 2.45. The Morgan fingerprint density at radius 1 is 0.323 bits per heavy atom. The van der Waals surface area contributed by atoms with E-state index in [0.717, 1.165) is 61.4 Å². The second kappa shape index (κ2) is 15.0. The zero-order valence-corrected chi connectivity index (χ0v) is 35.4. The van der Waals surface area contributed by atoms with Crippen LogP contribution in [-0.2, 0) is 0 Å². The number of hydrogen-bond donors (Lipinski definition) is 0. The van der Waals surface area contributed by atoms with Gasteiger partial charge in [0.15, 0.2) is 0 Å². The number of aromatic nitrogens is 1. The Morgan fingerprint density at radius 2 is 0.831 bits per heavy atom. The van der Waals surface area contributed by atoms with Gasteiger partial charge in [-0.25, -0.2) is 0 Å². The molecule has 304 valence electrons. The second-order valence-corrected chi connectivity index (χ2v) is 16.8. The highest BCUT2D eigenvalue weighted by Gasteiger charge is 2.21. The van der Waals surface area contributed by atoms with Gasteiger partial charge in [-0.2, -0.15) is 0 Å². The van der Waals surface area contributed by atoms with Crippen molar-refractivity contribution in [3.05, 3.63) is 243 Å². The maximum absolute atomic E-state index is 6.48. The standard InChI is InChI=1S/C62H40N2O/c1-2-18-48-41(15-1)31-32-44-16-13-29-59(61(44)48)63(46-39-35-43(36-40-46)49-24-14-25-55-54-23-8-12-30-60(54)65-62(49)55)45-37-33-42(34-38-45)47-17-3-4-19-50(47)51-20-5-9-26-56(51)64-57-27-10-6-21-52(57)53-22-7-11-28-58(53)64/h1-40H. The van der Waals surface area contributed by atoms with Crippen molar-refractivity contribution in [2.75, 3.05) is 4.90 Å². The Labute approximate surface area is 376 Å². The van der Waals surface area contributed by atoms with Gasteiger partial charge >= 0.3 is 0 Å². The molecule has 0 saturated heterocycles. The predicted octanol–water partition coefficient (Wildman–Crippen LogP) is 17.5. The average molecular weight is 829 g/mol. The summed E-state index contributed by atoms with van der Waals surface area (Å²) in [6, 6.07) is 87.7. The van der Waals surface area contributed by atoms with Crippen LogP contribution in [0.25, 0.3) is 104 Å². The minimum Gasteiger partial charge on any atom is -0.455 e. The third kappa shape index (κ3) is 5.97. The summed E-state index contributed by atoms with van der Waals surface area (Å²) in [5, 5.41) is 9.63. The van der Waals surface area contributed by atoms with Gasteiger partial charge in [0.05, 0.1) is 22.4 Å². The second-order valence-electron chi connectivity index (χ2n) is 16.8. The van der Waals surface area contributed by atoms with Crippen molar-refractivity contribution < 1.29 is 4.42 Å². The number of nitrogens with zero attached hydrogens (tertiary/aromatic N) is 2. The third-order valence-corrected chi connectivity index (χ3v) is 13.2. The molecule has 0 bridgehead atoms. The van der Waals surface area contributed by atoms with Crippen LogP contribution >= 0.6 is 0 Å². The lowest BCUT2D eigenvalue weighted by Crippen LogP contribution is -2.10. The molecule has 11 aromatic carbocycles. The average Bonchev–Trinajstić information content (AvgIpc) is 3.93. The highest BCUT2D eigenvalue weighted by molar-refractivity contribution is 6.15. The summed E-state index contributed by atoms with van der Waals surface area (Å²) in [5.74, 6) is 0. The van der Waals surface area contributed by atoms with Crippen LogP contribution in [0.1, 0.15) is 0 Å². The summed E-state index contributed by atoms with van der Waals surface area (Å²) >= 11 is 0. The lowest BCUT2D eigenvalue weighted by atomic mass is 9.93. The van der Waals surface area contributed by atoms with Gasteiger partial charge in [-0.3, -0.25) is 0 Å². The Bertz CT molecular complexity index is 3900. The fourth-order valence-corrected chi connectivity index (χ4v) is 10.3. The first-order chi connectivity index (χ1) is 32.3. The summed E-state index contributed by atoms with van der Waals surface area (Å²) in [6.45, 7) is 0. The fourth-order valence-electron chi connectivity index (χ4n) is 10.3. The molecule has 0 radical (unpaired) electrons. The molecule has 0 aliphatic heterocycles. The minimum atomic E-state index is 0.902. The molecule has 0 saturated carbocycles. The van der Waals surface area contributed by atoms with E-state index < -0.39 is 0 Å². The first-order valence-corrected chi connectivity index (χ1v) is 22.3. The SMILES string of the molecule is c1ccc(-c2ccccc2-n2c3ccccc3c3ccccc32)c(-c2ccc(N(c3ccc(-c4cccc5c4oc4ccccc45)cc3)c3cccc4ccc5ccccc5c34)cc2)c1. The van der Waals surface area contributed by atoms with Crippen molar-refractivity contribution in [1.29, 1.82) is 0 Å². The van der Waals surface area contributed by atoms with Crippen molar-refractivity contribution >= 4 is 82.4 Å². The van der Waals surface area contributed by atoms with Crippen LogP contribution in [-0.4, -0.2) is 4.57 Å². The number of fused-ring (bicyclic) bond motifs is 9. The van der Waals surface area contributed by atoms with Gasteiger partial charge in [-0.15, -0.1) is 0 Å². The molecule has 0 unspecified atom stereocenters. The molecule has 0 atom stereocenters. The van der Waals surface area contributed by atoms with Gasteiger partial charge in [0, 0.05) is 49.4 Å². The maximum atomic E-state index is 6.48. The van der Waals surface area contributed by atoms with E-state index in [0.29, 0.717) is 0 Å². The summed E-state index contributed by atoms with van der Waals surface area (Å²) in [5.41, 5.74) is 15.5. The van der Waals surface area contributed by atoms with Crippen molar-refractivity contribution in [3.63, 3.8) is 0 Å².